The average molecular weight is 244 g/mol. The number of hydrogen-bond donors (Lipinski definition) is 2. The molecule has 1 amide bonds. The van der Waals surface area contributed by atoms with Gasteiger partial charge in [-0.3, -0.25) is 0 Å². The molecule has 1 saturated heterocycles. The Morgan fingerprint density at radius 2 is 2.12 bits per heavy atom. The van der Waals surface area contributed by atoms with E-state index in [1.165, 1.54) is 0 Å². The van der Waals surface area contributed by atoms with Crippen molar-refractivity contribution in [3.8, 4) is 0 Å². The lowest BCUT2D eigenvalue weighted by Crippen LogP contribution is -2.45. The number of likely N-dealkylation sites (tertiary alicyclic amines) is 1. The summed E-state index contributed by atoms with van der Waals surface area (Å²) in [6.07, 6.45) is 3.64. The minimum Gasteiger partial charge on any atom is -0.450 e. The summed E-state index contributed by atoms with van der Waals surface area (Å²) < 4.78 is 4.97. The van der Waals surface area contributed by atoms with E-state index in [2.05, 4.69) is 5.32 Å². The number of unbranched alkanes of at least 4 members (excludes halogenated alkanes) is 1. The smallest absolute Gasteiger partial charge is 0.409 e. The summed E-state index contributed by atoms with van der Waals surface area (Å²) in [5.41, 5.74) is 0. The minimum absolute atomic E-state index is 0.189. The Morgan fingerprint density at radius 3 is 2.71 bits per heavy atom. The first-order chi connectivity index (χ1) is 8.27. The Balaban J connectivity index is 2.11. The highest BCUT2D eigenvalue weighted by molar-refractivity contribution is 5.67. The van der Waals surface area contributed by atoms with Crippen molar-refractivity contribution < 1.29 is 14.6 Å². The van der Waals surface area contributed by atoms with E-state index in [-0.39, 0.29) is 12.7 Å². The molecule has 0 aromatic carbocycles. The van der Waals surface area contributed by atoms with Gasteiger partial charge in [0.25, 0.3) is 0 Å². The van der Waals surface area contributed by atoms with E-state index >= 15 is 0 Å². The van der Waals surface area contributed by atoms with Crippen LogP contribution in [-0.2, 0) is 4.74 Å². The van der Waals surface area contributed by atoms with Gasteiger partial charge in [-0.2, -0.15) is 0 Å². The van der Waals surface area contributed by atoms with Crippen molar-refractivity contribution in [2.45, 2.75) is 38.6 Å². The van der Waals surface area contributed by atoms with Crippen LogP contribution in [0.5, 0.6) is 0 Å². The van der Waals surface area contributed by atoms with Crippen molar-refractivity contribution in [2.24, 2.45) is 0 Å². The predicted octanol–water partition coefficient (Wildman–Crippen LogP) is 0.969. The van der Waals surface area contributed by atoms with Crippen LogP contribution < -0.4 is 5.32 Å². The number of rotatable bonds is 6. The van der Waals surface area contributed by atoms with Crippen molar-refractivity contribution in [3.63, 3.8) is 0 Å². The largest absolute Gasteiger partial charge is 0.450 e. The van der Waals surface area contributed by atoms with Gasteiger partial charge in [-0.25, -0.2) is 4.79 Å². The lowest BCUT2D eigenvalue weighted by Gasteiger charge is -2.31. The van der Waals surface area contributed by atoms with Crippen LogP contribution in [0.2, 0.25) is 0 Å². The second-order valence-corrected chi connectivity index (χ2v) is 4.35. The van der Waals surface area contributed by atoms with Gasteiger partial charge in [-0.1, -0.05) is 0 Å². The molecule has 100 valence electrons. The Labute approximate surface area is 103 Å². The van der Waals surface area contributed by atoms with Gasteiger partial charge in [0.05, 0.1) is 6.61 Å². The highest BCUT2D eigenvalue weighted by atomic mass is 16.6. The van der Waals surface area contributed by atoms with E-state index in [0.29, 0.717) is 12.6 Å². The molecule has 0 spiro atoms. The molecule has 0 aromatic heterocycles. The van der Waals surface area contributed by atoms with Gasteiger partial charge in [0.2, 0.25) is 0 Å². The van der Waals surface area contributed by atoms with Crippen LogP contribution in [0.3, 0.4) is 0 Å². The monoisotopic (exact) mass is 244 g/mol. The summed E-state index contributed by atoms with van der Waals surface area (Å²) in [6.45, 7) is 5.03. The number of amides is 1. The molecule has 2 N–H and O–H groups in total. The fraction of sp³-hybridized carbons (Fsp3) is 0.917. The highest BCUT2D eigenvalue weighted by Gasteiger charge is 2.22. The third kappa shape index (κ3) is 5.37. The molecule has 0 radical (unpaired) electrons. The Hall–Kier alpha value is -0.810. The summed E-state index contributed by atoms with van der Waals surface area (Å²) in [5.74, 6) is 0. The number of aliphatic hydroxyl groups is 1. The van der Waals surface area contributed by atoms with E-state index in [9.17, 15) is 4.79 Å². The van der Waals surface area contributed by atoms with Gasteiger partial charge in [0, 0.05) is 25.7 Å². The summed E-state index contributed by atoms with van der Waals surface area (Å²) in [6, 6.07) is 0.499. The van der Waals surface area contributed by atoms with Crippen LogP contribution in [0.15, 0.2) is 0 Å². The van der Waals surface area contributed by atoms with Crippen molar-refractivity contribution in [3.05, 3.63) is 0 Å². The van der Waals surface area contributed by atoms with Crippen LogP contribution in [0.1, 0.15) is 32.6 Å². The Kier molecular flexibility index (Phi) is 6.96. The first-order valence-electron chi connectivity index (χ1n) is 6.54. The van der Waals surface area contributed by atoms with Crippen LogP contribution in [0.4, 0.5) is 4.79 Å². The zero-order valence-electron chi connectivity index (χ0n) is 10.7. The third-order valence-electron chi connectivity index (χ3n) is 3.04. The van der Waals surface area contributed by atoms with E-state index in [1.54, 1.807) is 4.90 Å². The fourth-order valence-corrected chi connectivity index (χ4v) is 2.02. The molecular formula is C12H24N2O3. The number of ether oxygens (including phenoxy) is 1. The topological polar surface area (TPSA) is 61.8 Å². The van der Waals surface area contributed by atoms with Crippen LogP contribution in [0, 0.1) is 0 Å². The number of nitrogens with one attached hydrogen (secondary N) is 1. The quantitative estimate of drug-likeness (QED) is 0.683. The number of nitrogens with zero attached hydrogens (tertiary/aromatic N) is 1. The lowest BCUT2D eigenvalue weighted by molar-refractivity contribution is 0.0950. The molecule has 1 aliphatic heterocycles. The molecule has 0 aromatic rings. The highest BCUT2D eigenvalue weighted by Crippen LogP contribution is 2.11. The Bertz CT molecular complexity index is 216. The molecule has 1 fully saturated rings. The lowest BCUT2D eigenvalue weighted by atomic mass is 10.1. The second-order valence-electron chi connectivity index (χ2n) is 4.35. The van der Waals surface area contributed by atoms with Crippen LogP contribution in [0.25, 0.3) is 0 Å². The fourth-order valence-electron chi connectivity index (χ4n) is 2.02. The number of hydrogen-bond acceptors (Lipinski definition) is 4. The number of carbonyl (C=O) groups is 1. The van der Waals surface area contributed by atoms with E-state index in [1.807, 2.05) is 6.92 Å². The molecule has 0 bridgehead atoms. The summed E-state index contributed by atoms with van der Waals surface area (Å²) in [7, 11) is 0. The molecule has 5 heteroatoms. The summed E-state index contributed by atoms with van der Waals surface area (Å²) in [5, 5.41) is 12.1. The molecule has 17 heavy (non-hydrogen) atoms. The minimum atomic E-state index is -0.189. The van der Waals surface area contributed by atoms with Gasteiger partial charge in [0.15, 0.2) is 0 Å². The van der Waals surface area contributed by atoms with Crippen LogP contribution in [-0.4, -0.2) is 55.0 Å². The maximum Gasteiger partial charge on any atom is 0.409 e. The van der Waals surface area contributed by atoms with E-state index < -0.39 is 0 Å². The summed E-state index contributed by atoms with van der Waals surface area (Å²) >= 11 is 0. The predicted molar refractivity (Wildman–Crippen MR) is 65.9 cm³/mol. The van der Waals surface area contributed by atoms with Crippen LogP contribution >= 0.6 is 0 Å². The molecule has 5 nitrogen and oxygen atoms in total. The van der Waals surface area contributed by atoms with Gasteiger partial charge >= 0.3 is 6.09 Å². The molecule has 1 aliphatic rings. The number of carbonyl (C=O) groups excluding carboxylic acids is 1. The molecule has 1 heterocycles. The van der Waals surface area contributed by atoms with Gasteiger partial charge in [-0.05, 0) is 39.2 Å². The van der Waals surface area contributed by atoms with Crippen molar-refractivity contribution in [1.82, 2.24) is 10.2 Å². The molecule has 0 unspecified atom stereocenters. The zero-order valence-corrected chi connectivity index (χ0v) is 10.7. The maximum atomic E-state index is 11.5. The molecule has 0 saturated carbocycles. The molecular weight excluding hydrogens is 220 g/mol. The van der Waals surface area contributed by atoms with E-state index in [0.717, 1.165) is 45.3 Å². The Morgan fingerprint density at radius 1 is 1.41 bits per heavy atom. The molecule has 0 aliphatic carbocycles. The third-order valence-corrected chi connectivity index (χ3v) is 3.04. The number of aliphatic hydroxyl groups excluding tert-OH is 1. The average Bonchev–Trinajstić information content (AvgIpc) is 2.36. The van der Waals surface area contributed by atoms with Crippen molar-refractivity contribution >= 4 is 6.09 Å². The summed E-state index contributed by atoms with van der Waals surface area (Å²) in [4.78, 5) is 13.2. The van der Waals surface area contributed by atoms with Crippen molar-refractivity contribution in [1.29, 1.82) is 0 Å². The normalized spacial score (nSPS) is 17.2. The maximum absolute atomic E-state index is 11.5. The first-order valence-corrected chi connectivity index (χ1v) is 6.54. The standard InChI is InChI=1S/C12H24N2O3/c1-2-17-12(16)14-8-5-11(6-9-14)13-7-3-4-10-15/h11,13,15H,2-10H2,1H3. The van der Waals surface area contributed by atoms with Gasteiger partial charge < -0.3 is 20.1 Å². The van der Waals surface area contributed by atoms with Crippen molar-refractivity contribution in [2.75, 3.05) is 32.8 Å². The van der Waals surface area contributed by atoms with Gasteiger partial charge in [0.1, 0.15) is 0 Å². The molecule has 1 rings (SSSR count). The molecule has 0 atom stereocenters. The number of piperidine rings is 1. The SMILES string of the molecule is CCOC(=O)N1CCC(NCCCCO)CC1. The second kappa shape index (κ2) is 8.31. The van der Waals surface area contributed by atoms with Gasteiger partial charge in [-0.15, -0.1) is 0 Å². The first kappa shape index (κ1) is 14.3. The van der Waals surface area contributed by atoms with E-state index in [4.69, 9.17) is 9.84 Å². The zero-order chi connectivity index (χ0) is 12.5.